The Labute approximate surface area is 144 Å². The van der Waals surface area contributed by atoms with Crippen LogP contribution < -0.4 is 0 Å². The molecule has 0 aliphatic rings. The third kappa shape index (κ3) is 2.58. The van der Waals surface area contributed by atoms with Crippen LogP contribution in [0.3, 0.4) is 0 Å². The quantitative estimate of drug-likeness (QED) is 0.531. The zero-order valence-corrected chi connectivity index (χ0v) is 14.2. The average molecular weight is 350 g/mol. The van der Waals surface area contributed by atoms with Gasteiger partial charge in [0.15, 0.2) is 10.7 Å². The van der Waals surface area contributed by atoms with Gasteiger partial charge in [0.05, 0.1) is 22.2 Å². The summed E-state index contributed by atoms with van der Waals surface area (Å²) in [6, 6.07) is 16.1. The summed E-state index contributed by atoms with van der Waals surface area (Å²) in [6.07, 6.45) is 2.74. The van der Waals surface area contributed by atoms with Crippen LogP contribution in [0.15, 0.2) is 77.0 Å². The molecule has 4 rings (SSSR count). The van der Waals surface area contributed by atoms with E-state index in [1.165, 1.54) is 12.5 Å². The summed E-state index contributed by atoms with van der Waals surface area (Å²) in [5, 5.41) is 4.65. The smallest absolute Gasteiger partial charge is 0.223 e. The standard InChI is InChI=1S/C18H14N4O2S/c1-13-7-9-15(10-8-13)25(23,24)18-16-11-21-22(17(16)19-12-20-18)14-5-3-2-4-6-14/h2-12H,1H3. The zero-order chi connectivity index (χ0) is 17.4. The van der Waals surface area contributed by atoms with E-state index in [1.54, 1.807) is 28.9 Å². The van der Waals surface area contributed by atoms with Gasteiger partial charge < -0.3 is 0 Å². The number of nitrogens with zero attached hydrogens (tertiary/aromatic N) is 4. The largest absolute Gasteiger partial charge is 0.224 e. The average Bonchev–Trinajstić information content (AvgIpc) is 3.07. The molecule has 2 aromatic carbocycles. The highest BCUT2D eigenvalue weighted by atomic mass is 32.2. The minimum atomic E-state index is -3.76. The molecule has 2 aromatic heterocycles. The molecule has 0 aliphatic carbocycles. The molecule has 124 valence electrons. The van der Waals surface area contributed by atoms with E-state index in [-0.39, 0.29) is 9.92 Å². The van der Waals surface area contributed by atoms with Crippen molar-refractivity contribution in [2.24, 2.45) is 0 Å². The third-order valence-electron chi connectivity index (χ3n) is 3.92. The summed E-state index contributed by atoms with van der Waals surface area (Å²) < 4.78 is 27.6. The first kappa shape index (κ1) is 15.5. The van der Waals surface area contributed by atoms with E-state index in [1.807, 2.05) is 37.3 Å². The van der Waals surface area contributed by atoms with E-state index in [4.69, 9.17) is 0 Å². The lowest BCUT2D eigenvalue weighted by Crippen LogP contribution is -2.06. The van der Waals surface area contributed by atoms with Gasteiger partial charge in [-0.3, -0.25) is 0 Å². The lowest BCUT2D eigenvalue weighted by atomic mass is 10.2. The zero-order valence-electron chi connectivity index (χ0n) is 13.4. The molecular formula is C18H14N4O2S. The van der Waals surface area contributed by atoms with E-state index in [9.17, 15) is 8.42 Å². The summed E-state index contributed by atoms with van der Waals surface area (Å²) in [6.45, 7) is 1.91. The van der Waals surface area contributed by atoms with Crippen LogP contribution in [0.25, 0.3) is 16.7 Å². The van der Waals surface area contributed by atoms with E-state index < -0.39 is 9.84 Å². The van der Waals surface area contributed by atoms with Crippen LogP contribution in [-0.4, -0.2) is 28.2 Å². The molecule has 0 saturated heterocycles. The first-order valence-corrected chi connectivity index (χ1v) is 9.11. The maximum atomic E-state index is 13.0. The topological polar surface area (TPSA) is 77.7 Å². The van der Waals surface area contributed by atoms with E-state index in [2.05, 4.69) is 15.1 Å². The molecule has 0 atom stereocenters. The first-order chi connectivity index (χ1) is 12.1. The molecule has 0 spiro atoms. The Bertz CT molecular complexity index is 1150. The summed E-state index contributed by atoms with van der Waals surface area (Å²) in [4.78, 5) is 8.46. The number of para-hydroxylation sites is 1. The summed E-state index contributed by atoms with van der Waals surface area (Å²) in [5.41, 5.74) is 2.24. The summed E-state index contributed by atoms with van der Waals surface area (Å²) in [7, 11) is -3.76. The van der Waals surface area contributed by atoms with Crippen molar-refractivity contribution in [2.75, 3.05) is 0 Å². The second-order valence-corrected chi connectivity index (χ2v) is 7.49. The van der Waals surface area contributed by atoms with E-state index >= 15 is 0 Å². The Morgan fingerprint density at radius 2 is 1.64 bits per heavy atom. The Morgan fingerprint density at radius 3 is 2.36 bits per heavy atom. The van der Waals surface area contributed by atoms with Gasteiger partial charge in [-0.1, -0.05) is 35.9 Å². The molecule has 2 heterocycles. The van der Waals surface area contributed by atoms with Crippen LogP contribution in [0.5, 0.6) is 0 Å². The Hall–Kier alpha value is -3.06. The van der Waals surface area contributed by atoms with Gasteiger partial charge in [-0.05, 0) is 31.2 Å². The summed E-state index contributed by atoms with van der Waals surface area (Å²) in [5.74, 6) is 0. The molecule has 6 nitrogen and oxygen atoms in total. The Morgan fingerprint density at radius 1 is 0.920 bits per heavy atom. The van der Waals surface area contributed by atoms with Gasteiger partial charge >= 0.3 is 0 Å². The number of aromatic nitrogens is 4. The fourth-order valence-corrected chi connectivity index (χ4v) is 3.96. The lowest BCUT2D eigenvalue weighted by Gasteiger charge is -2.06. The molecule has 0 N–H and O–H groups in total. The SMILES string of the molecule is Cc1ccc(S(=O)(=O)c2ncnc3c2cnn3-c2ccccc2)cc1. The maximum Gasteiger partial charge on any atom is 0.224 e. The predicted octanol–water partition coefficient (Wildman–Crippen LogP) is 2.96. The van der Waals surface area contributed by atoms with Gasteiger partial charge in [-0.15, -0.1) is 0 Å². The molecule has 0 radical (unpaired) electrons. The van der Waals surface area contributed by atoms with Gasteiger partial charge in [0.2, 0.25) is 9.84 Å². The van der Waals surface area contributed by atoms with Crippen molar-refractivity contribution in [2.45, 2.75) is 16.8 Å². The second-order valence-electron chi connectivity index (χ2n) is 5.62. The molecule has 4 aromatic rings. The highest BCUT2D eigenvalue weighted by Crippen LogP contribution is 2.26. The number of sulfone groups is 1. The highest BCUT2D eigenvalue weighted by Gasteiger charge is 2.24. The van der Waals surface area contributed by atoms with Gasteiger partial charge in [0, 0.05) is 0 Å². The van der Waals surface area contributed by atoms with Crippen LogP contribution >= 0.6 is 0 Å². The Balaban J connectivity index is 1.92. The summed E-state index contributed by atoms with van der Waals surface area (Å²) >= 11 is 0. The Kier molecular flexibility index (Phi) is 3.58. The van der Waals surface area contributed by atoms with Crippen molar-refractivity contribution in [3.8, 4) is 5.69 Å². The van der Waals surface area contributed by atoms with Crippen LogP contribution in [0.1, 0.15) is 5.56 Å². The molecule has 25 heavy (non-hydrogen) atoms. The molecule has 0 unspecified atom stereocenters. The predicted molar refractivity (Wildman–Crippen MR) is 93.3 cm³/mol. The molecule has 7 heteroatoms. The normalized spacial score (nSPS) is 11.7. The number of hydrogen-bond acceptors (Lipinski definition) is 5. The van der Waals surface area contributed by atoms with Crippen molar-refractivity contribution < 1.29 is 8.42 Å². The van der Waals surface area contributed by atoms with Crippen molar-refractivity contribution in [3.05, 3.63) is 72.7 Å². The molecule has 0 saturated carbocycles. The van der Waals surface area contributed by atoms with Crippen LogP contribution in [0.4, 0.5) is 0 Å². The van der Waals surface area contributed by atoms with Crippen molar-refractivity contribution >= 4 is 20.9 Å². The van der Waals surface area contributed by atoms with Gasteiger partial charge in [-0.25, -0.2) is 23.1 Å². The van der Waals surface area contributed by atoms with Crippen LogP contribution in [0.2, 0.25) is 0 Å². The molecule has 0 bridgehead atoms. The minimum absolute atomic E-state index is 0.0384. The van der Waals surface area contributed by atoms with Crippen LogP contribution in [-0.2, 0) is 9.84 Å². The number of fused-ring (bicyclic) bond motifs is 1. The lowest BCUT2D eigenvalue weighted by molar-refractivity contribution is 0.593. The number of hydrogen-bond donors (Lipinski definition) is 0. The minimum Gasteiger partial charge on any atom is -0.223 e. The van der Waals surface area contributed by atoms with Crippen LogP contribution in [0, 0.1) is 6.92 Å². The van der Waals surface area contributed by atoms with E-state index in [0.717, 1.165) is 11.3 Å². The number of rotatable bonds is 3. The fourth-order valence-electron chi connectivity index (χ4n) is 2.62. The molecule has 0 aliphatic heterocycles. The fraction of sp³-hybridized carbons (Fsp3) is 0.0556. The molecular weight excluding hydrogens is 336 g/mol. The van der Waals surface area contributed by atoms with Gasteiger partial charge in [-0.2, -0.15) is 5.10 Å². The number of benzene rings is 2. The highest BCUT2D eigenvalue weighted by molar-refractivity contribution is 7.91. The van der Waals surface area contributed by atoms with Crippen molar-refractivity contribution in [1.82, 2.24) is 19.7 Å². The number of aryl methyl sites for hydroxylation is 1. The second kappa shape index (κ2) is 5.78. The monoisotopic (exact) mass is 350 g/mol. The van der Waals surface area contributed by atoms with Crippen molar-refractivity contribution in [3.63, 3.8) is 0 Å². The van der Waals surface area contributed by atoms with Gasteiger partial charge in [0.25, 0.3) is 0 Å². The van der Waals surface area contributed by atoms with Crippen molar-refractivity contribution in [1.29, 1.82) is 0 Å². The van der Waals surface area contributed by atoms with Gasteiger partial charge in [0.1, 0.15) is 6.33 Å². The molecule has 0 amide bonds. The molecule has 0 fully saturated rings. The first-order valence-electron chi connectivity index (χ1n) is 7.63. The van der Waals surface area contributed by atoms with E-state index in [0.29, 0.717) is 11.0 Å². The third-order valence-corrected chi connectivity index (χ3v) is 5.64. The maximum absolute atomic E-state index is 13.0.